The van der Waals surface area contributed by atoms with E-state index in [0.29, 0.717) is 16.8 Å². The van der Waals surface area contributed by atoms with Gasteiger partial charge in [0, 0.05) is 41.4 Å². The summed E-state index contributed by atoms with van der Waals surface area (Å²) >= 11 is 0. The standard InChI is InChI=1S/C26H29N3O2/c1-17-9-7-10-21(15-17)29-18(2)16-23(20(29)4)25(30)27-24-12-8-11-22(19(24)3)26(31)28-13-5-6-14-28/h7-12,15-16H,5-6,13-14H2,1-4H3,(H,27,30). The van der Waals surface area contributed by atoms with Gasteiger partial charge in [-0.25, -0.2) is 0 Å². The van der Waals surface area contributed by atoms with E-state index in [9.17, 15) is 9.59 Å². The number of amides is 2. The van der Waals surface area contributed by atoms with Gasteiger partial charge >= 0.3 is 0 Å². The van der Waals surface area contributed by atoms with E-state index in [-0.39, 0.29) is 11.8 Å². The van der Waals surface area contributed by atoms with E-state index in [1.807, 2.05) is 62.1 Å². The SMILES string of the molecule is Cc1cccc(-n2c(C)cc(C(=O)Nc3cccc(C(=O)N4CCCC4)c3C)c2C)c1. The fraction of sp³-hybridized carbons (Fsp3) is 0.308. The Bertz CT molecular complexity index is 1150. The summed E-state index contributed by atoms with van der Waals surface area (Å²) in [6.45, 7) is 9.54. The summed E-state index contributed by atoms with van der Waals surface area (Å²) in [6.07, 6.45) is 2.11. The minimum atomic E-state index is -0.166. The zero-order valence-electron chi connectivity index (χ0n) is 18.7. The maximum atomic E-state index is 13.2. The van der Waals surface area contributed by atoms with Crippen LogP contribution in [0.15, 0.2) is 48.5 Å². The molecule has 1 aliphatic rings. The molecular weight excluding hydrogens is 386 g/mol. The zero-order chi connectivity index (χ0) is 22.1. The lowest BCUT2D eigenvalue weighted by Crippen LogP contribution is -2.28. The van der Waals surface area contributed by atoms with Gasteiger partial charge < -0.3 is 14.8 Å². The van der Waals surface area contributed by atoms with Crippen molar-refractivity contribution in [1.29, 1.82) is 0 Å². The van der Waals surface area contributed by atoms with Crippen LogP contribution in [0.5, 0.6) is 0 Å². The summed E-state index contributed by atoms with van der Waals surface area (Å²) in [4.78, 5) is 27.9. The number of anilines is 1. The van der Waals surface area contributed by atoms with Gasteiger partial charge in [-0.15, -0.1) is 0 Å². The van der Waals surface area contributed by atoms with Gasteiger partial charge in [0.1, 0.15) is 0 Å². The van der Waals surface area contributed by atoms with Gasteiger partial charge in [-0.05, 0) is 82.0 Å². The Balaban J connectivity index is 1.61. The van der Waals surface area contributed by atoms with Crippen molar-refractivity contribution < 1.29 is 9.59 Å². The number of benzene rings is 2. The van der Waals surface area contributed by atoms with Crippen LogP contribution in [0, 0.1) is 27.7 Å². The Hall–Kier alpha value is -3.34. The first-order valence-electron chi connectivity index (χ1n) is 10.8. The topological polar surface area (TPSA) is 54.3 Å². The van der Waals surface area contributed by atoms with Crippen molar-refractivity contribution in [2.24, 2.45) is 0 Å². The lowest BCUT2D eigenvalue weighted by atomic mass is 10.0. The summed E-state index contributed by atoms with van der Waals surface area (Å²) < 4.78 is 2.10. The van der Waals surface area contributed by atoms with E-state index in [1.165, 1.54) is 5.56 Å². The second-order valence-electron chi connectivity index (χ2n) is 8.39. The largest absolute Gasteiger partial charge is 0.339 e. The summed E-state index contributed by atoms with van der Waals surface area (Å²) in [5.74, 6) is -0.121. The molecule has 0 bridgehead atoms. The number of aryl methyl sites for hydroxylation is 2. The van der Waals surface area contributed by atoms with Crippen molar-refractivity contribution in [3.63, 3.8) is 0 Å². The quantitative estimate of drug-likeness (QED) is 0.637. The Morgan fingerprint density at radius 3 is 2.29 bits per heavy atom. The van der Waals surface area contributed by atoms with Gasteiger partial charge in [-0.1, -0.05) is 18.2 Å². The lowest BCUT2D eigenvalue weighted by Gasteiger charge is -2.18. The molecule has 5 heteroatoms. The molecule has 1 fully saturated rings. The van der Waals surface area contributed by atoms with Gasteiger partial charge in [0.25, 0.3) is 11.8 Å². The highest BCUT2D eigenvalue weighted by Crippen LogP contribution is 2.25. The predicted molar refractivity (Wildman–Crippen MR) is 124 cm³/mol. The molecule has 160 valence electrons. The molecule has 5 nitrogen and oxygen atoms in total. The summed E-state index contributed by atoms with van der Waals surface area (Å²) in [5, 5.41) is 3.03. The third-order valence-electron chi connectivity index (χ3n) is 6.14. The molecule has 0 spiro atoms. The van der Waals surface area contributed by atoms with Crippen LogP contribution < -0.4 is 5.32 Å². The van der Waals surface area contributed by atoms with E-state index >= 15 is 0 Å². The van der Waals surface area contributed by atoms with E-state index in [4.69, 9.17) is 0 Å². The minimum absolute atomic E-state index is 0.0451. The number of rotatable bonds is 4. The maximum absolute atomic E-state index is 13.2. The Labute approximate surface area is 183 Å². The van der Waals surface area contributed by atoms with Crippen LogP contribution in [-0.2, 0) is 0 Å². The van der Waals surface area contributed by atoms with Crippen molar-refractivity contribution in [1.82, 2.24) is 9.47 Å². The third kappa shape index (κ3) is 4.00. The highest BCUT2D eigenvalue weighted by Gasteiger charge is 2.23. The van der Waals surface area contributed by atoms with E-state index in [2.05, 4.69) is 28.9 Å². The van der Waals surface area contributed by atoms with E-state index < -0.39 is 0 Å². The van der Waals surface area contributed by atoms with Crippen LogP contribution in [0.3, 0.4) is 0 Å². The maximum Gasteiger partial charge on any atom is 0.257 e. The second-order valence-corrected chi connectivity index (χ2v) is 8.39. The number of carbonyl (C=O) groups is 2. The number of aromatic nitrogens is 1. The monoisotopic (exact) mass is 415 g/mol. The van der Waals surface area contributed by atoms with Gasteiger partial charge in [0.15, 0.2) is 0 Å². The Morgan fingerprint density at radius 1 is 0.871 bits per heavy atom. The van der Waals surface area contributed by atoms with Crippen LogP contribution in [0.1, 0.15) is 56.1 Å². The first-order valence-corrected chi connectivity index (χ1v) is 10.8. The minimum Gasteiger partial charge on any atom is -0.339 e. The molecular formula is C26H29N3O2. The van der Waals surface area contributed by atoms with Crippen LogP contribution in [0.4, 0.5) is 5.69 Å². The molecule has 1 aliphatic heterocycles. The molecule has 1 saturated heterocycles. The number of hydrogen-bond donors (Lipinski definition) is 1. The van der Waals surface area contributed by atoms with E-state index in [1.54, 1.807) is 0 Å². The highest BCUT2D eigenvalue weighted by molar-refractivity contribution is 6.07. The van der Waals surface area contributed by atoms with Gasteiger partial charge in [-0.2, -0.15) is 0 Å². The molecule has 2 amide bonds. The van der Waals surface area contributed by atoms with Gasteiger partial charge in [0.05, 0.1) is 5.56 Å². The summed E-state index contributed by atoms with van der Waals surface area (Å²) in [5.41, 5.74) is 6.88. The Kier molecular flexibility index (Phi) is 5.68. The third-order valence-corrected chi connectivity index (χ3v) is 6.14. The molecule has 3 aromatic rings. The zero-order valence-corrected chi connectivity index (χ0v) is 18.7. The van der Waals surface area contributed by atoms with E-state index in [0.717, 1.165) is 48.6 Å². The smallest absolute Gasteiger partial charge is 0.257 e. The van der Waals surface area contributed by atoms with Crippen LogP contribution in [0.2, 0.25) is 0 Å². The molecule has 0 atom stereocenters. The molecule has 31 heavy (non-hydrogen) atoms. The second kappa shape index (κ2) is 8.42. The lowest BCUT2D eigenvalue weighted by molar-refractivity contribution is 0.0791. The normalized spacial score (nSPS) is 13.5. The van der Waals surface area contributed by atoms with Crippen LogP contribution in [0.25, 0.3) is 5.69 Å². The molecule has 0 unspecified atom stereocenters. The fourth-order valence-corrected chi connectivity index (χ4v) is 4.44. The number of likely N-dealkylation sites (tertiary alicyclic amines) is 1. The number of nitrogens with zero attached hydrogens (tertiary/aromatic N) is 2. The van der Waals surface area contributed by atoms with Crippen molar-refractivity contribution in [3.05, 3.63) is 82.2 Å². The molecule has 1 aromatic heterocycles. The van der Waals surface area contributed by atoms with Gasteiger partial charge in [0.2, 0.25) is 0 Å². The average molecular weight is 416 g/mol. The average Bonchev–Trinajstić information content (AvgIpc) is 3.37. The van der Waals surface area contributed by atoms with Crippen molar-refractivity contribution in [2.75, 3.05) is 18.4 Å². The highest BCUT2D eigenvalue weighted by atomic mass is 16.2. The van der Waals surface area contributed by atoms with Crippen molar-refractivity contribution >= 4 is 17.5 Å². The van der Waals surface area contributed by atoms with Gasteiger partial charge in [-0.3, -0.25) is 9.59 Å². The summed E-state index contributed by atoms with van der Waals surface area (Å²) in [6, 6.07) is 15.7. The molecule has 0 saturated carbocycles. The Morgan fingerprint density at radius 2 is 1.58 bits per heavy atom. The molecule has 4 rings (SSSR count). The first-order chi connectivity index (χ1) is 14.9. The molecule has 1 N–H and O–H groups in total. The summed E-state index contributed by atoms with van der Waals surface area (Å²) in [7, 11) is 0. The predicted octanol–water partition coefficient (Wildman–Crippen LogP) is 5.20. The van der Waals surface area contributed by atoms with Crippen molar-refractivity contribution in [2.45, 2.75) is 40.5 Å². The molecule has 2 heterocycles. The number of carbonyl (C=O) groups excluding carboxylic acids is 2. The van der Waals surface area contributed by atoms with Crippen molar-refractivity contribution in [3.8, 4) is 5.69 Å². The number of hydrogen-bond acceptors (Lipinski definition) is 2. The molecule has 2 aromatic carbocycles. The van der Waals surface area contributed by atoms with Crippen LogP contribution >= 0.6 is 0 Å². The van der Waals surface area contributed by atoms with Crippen LogP contribution in [-0.4, -0.2) is 34.4 Å². The fourth-order valence-electron chi connectivity index (χ4n) is 4.44. The number of nitrogens with one attached hydrogen (secondary N) is 1. The first kappa shape index (κ1) is 20.9. The molecule has 0 aliphatic carbocycles. The molecule has 0 radical (unpaired) electrons.